The van der Waals surface area contributed by atoms with E-state index in [2.05, 4.69) is 25.2 Å². The quantitative estimate of drug-likeness (QED) is 0.428. The highest BCUT2D eigenvalue weighted by Gasteiger charge is 2.47. The van der Waals surface area contributed by atoms with Crippen LogP contribution in [0.4, 0.5) is 13.2 Å². The zero-order chi connectivity index (χ0) is 28.4. The van der Waals surface area contributed by atoms with Gasteiger partial charge in [-0.3, -0.25) is 0 Å². The second-order valence-corrected chi connectivity index (χ2v) is 14.6. The van der Waals surface area contributed by atoms with E-state index in [1.165, 1.54) is 16.4 Å². The number of benzene rings is 1. The number of aromatic nitrogens is 5. The molecule has 0 radical (unpaired) electrons. The maximum absolute atomic E-state index is 13.3. The van der Waals surface area contributed by atoms with Crippen molar-refractivity contribution in [2.75, 3.05) is 13.1 Å². The maximum atomic E-state index is 13.3. The van der Waals surface area contributed by atoms with Gasteiger partial charge >= 0.3 is 6.18 Å². The Labute approximate surface area is 225 Å². The number of halogens is 3. The highest BCUT2D eigenvalue weighted by molar-refractivity contribution is 7.89. The fourth-order valence-electron chi connectivity index (χ4n) is 4.06. The molecule has 2 aromatic heterocycles. The highest BCUT2D eigenvalue weighted by Crippen LogP contribution is 2.38. The molecule has 2 aliphatic rings. The van der Waals surface area contributed by atoms with Crippen LogP contribution in [0.25, 0.3) is 21.7 Å². The maximum Gasteiger partial charge on any atom is 0.445 e. The predicted octanol–water partition coefficient (Wildman–Crippen LogP) is 2.45. The van der Waals surface area contributed by atoms with Crippen molar-refractivity contribution in [1.29, 1.82) is 5.26 Å². The van der Waals surface area contributed by atoms with Crippen LogP contribution in [0.3, 0.4) is 0 Å². The summed E-state index contributed by atoms with van der Waals surface area (Å²) in [6.45, 7) is 3.33. The summed E-state index contributed by atoms with van der Waals surface area (Å²) >= 11 is 0.214. The summed E-state index contributed by atoms with van der Waals surface area (Å²) in [5.41, 5.74) is -0.0661. The fraction of sp³-hybridized carbons (Fsp3) is 0.476. The van der Waals surface area contributed by atoms with Crippen molar-refractivity contribution in [3.05, 3.63) is 28.8 Å². The first-order valence-electron chi connectivity index (χ1n) is 11.6. The van der Waals surface area contributed by atoms with E-state index in [1.54, 1.807) is 19.9 Å². The molecule has 1 fully saturated rings. The molecule has 0 unspecified atom stereocenters. The molecular formula is C21H21F3N8O4S3. The molecule has 1 saturated carbocycles. The molecule has 0 spiro atoms. The monoisotopic (exact) mass is 602 g/mol. The normalized spacial score (nSPS) is 18.3. The molecule has 3 aromatic rings. The zero-order valence-corrected chi connectivity index (χ0v) is 22.9. The Morgan fingerprint density at radius 3 is 2.41 bits per heavy atom. The number of nitrogens with zero attached hydrogens (tertiary/aromatic N) is 7. The van der Waals surface area contributed by atoms with Crippen molar-refractivity contribution in [2.24, 2.45) is 0 Å². The molecule has 0 amide bonds. The second kappa shape index (κ2) is 9.30. The average molecular weight is 603 g/mol. The number of nitrogens with one attached hydrogen (secondary N) is 1. The topological polar surface area (TPSA) is 164 Å². The molecule has 0 saturated heterocycles. The summed E-state index contributed by atoms with van der Waals surface area (Å²) in [5, 5.41) is 22.0. The summed E-state index contributed by atoms with van der Waals surface area (Å²) in [6, 6.07) is 4.49. The lowest BCUT2D eigenvalue weighted by Crippen LogP contribution is -2.39. The van der Waals surface area contributed by atoms with E-state index in [4.69, 9.17) is 0 Å². The Morgan fingerprint density at radius 2 is 1.87 bits per heavy atom. The van der Waals surface area contributed by atoms with Crippen LogP contribution in [0.2, 0.25) is 0 Å². The largest absolute Gasteiger partial charge is 0.445 e. The standard InChI is InChI=1S/C21H21F3N8O4S3/c1-12(2)39(35,36)31-7-3-13(4-8-31)15-9-14(38(33,34)29-20(11-25)5-6-20)10-16-17(15)26-30-32(16)19-28-27-18(37-19)21(22,23)24/h3,9-10,12,29H,4-8H2,1-2H3. The summed E-state index contributed by atoms with van der Waals surface area (Å²) in [7, 11) is -7.77. The van der Waals surface area contributed by atoms with Crippen molar-refractivity contribution in [2.45, 2.75) is 55.0 Å². The number of nitriles is 1. The second-order valence-electron chi connectivity index (χ2n) is 9.46. The third kappa shape index (κ3) is 5.04. The van der Waals surface area contributed by atoms with Gasteiger partial charge in [0.05, 0.1) is 21.7 Å². The highest BCUT2D eigenvalue weighted by atomic mass is 32.2. The lowest BCUT2D eigenvalue weighted by atomic mass is 9.99. The Bertz CT molecular complexity index is 1750. The van der Waals surface area contributed by atoms with Crippen LogP contribution in [0.1, 0.15) is 43.7 Å². The number of fused-ring (bicyclic) bond motifs is 1. The van der Waals surface area contributed by atoms with Gasteiger partial charge < -0.3 is 0 Å². The minimum atomic E-state index is -4.74. The van der Waals surface area contributed by atoms with Gasteiger partial charge in [-0.25, -0.2) is 16.8 Å². The van der Waals surface area contributed by atoms with Crippen LogP contribution in [0.15, 0.2) is 23.1 Å². The molecule has 12 nitrogen and oxygen atoms in total. The summed E-state index contributed by atoms with van der Waals surface area (Å²) in [5.74, 6) is 0. The van der Waals surface area contributed by atoms with Crippen molar-refractivity contribution in [3.8, 4) is 11.2 Å². The molecule has 18 heteroatoms. The first kappa shape index (κ1) is 27.6. The Hall–Kier alpha value is -2.98. The van der Waals surface area contributed by atoms with Gasteiger partial charge in [0.15, 0.2) is 0 Å². The van der Waals surface area contributed by atoms with Gasteiger partial charge in [0.25, 0.3) is 0 Å². The summed E-state index contributed by atoms with van der Waals surface area (Å²) in [6.07, 6.45) is -2.18. The number of alkyl halides is 3. The smallest absolute Gasteiger partial charge is 0.212 e. The molecule has 208 valence electrons. The number of sulfonamides is 2. The van der Waals surface area contributed by atoms with Crippen LogP contribution in [-0.4, -0.2) is 70.2 Å². The van der Waals surface area contributed by atoms with E-state index in [1.807, 2.05) is 6.07 Å². The van der Waals surface area contributed by atoms with Crippen molar-refractivity contribution in [3.63, 3.8) is 0 Å². The van der Waals surface area contributed by atoms with E-state index in [-0.39, 0.29) is 51.9 Å². The lowest BCUT2D eigenvalue weighted by molar-refractivity contribution is -0.138. The Morgan fingerprint density at radius 1 is 1.15 bits per heavy atom. The molecule has 39 heavy (non-hydrogen) atoms. The minimum Gasteiger partial charge on any atom is -0.212 e. The number of hydrogen-bond acceptors (Lipinski definition) is 10. The van der Waals surface area contributed by atoms with Crippen LogP contribution in [0, 0.1) is 11.3 Å². The van der Waals surface area contributed by atoms with Gasteiger partial charge in [-0.1, -0.05) is 22.6 Å². The molecule has 1 aromatic carbocycles. The van der Waals surface area contributed by atoms with Gasteiger partial charge in [0.1, 0.15) is 11.1 Å². The summed E-state index contributed by atoms with van der Waals surface area (Å²) < 4.78 is 95.9. The fourth-order valence-corrected chi connectivity index (χ4v) is 7.38. The molecule has 1 aliphatic heterocycles. The van der Waals surface area contributed by atoms with Gasteiger partial charge in [-0.2, -0.15) is 32.1 Å². The molecule has 5 rings (SSSR count). The molecule has 0 bridgehead atoms. The first-order chi connectivity index (χ1) is 18.2. The zero-order valence-electron chi connectivity index (χ0n) is 20.5. The molecule has 3 heterocycles. The van der Waals surface area contributed by atoms with E-state index in [0.717, 1.165) is 4.68 Å². The molecule has 1 N–H and O–H groups in total. The molecule has 0 atom stereocenters. The van der Waals surface area contributed by atoms with Crippen molar-refractivity contribution in [1.82, 2.24) is 34.2 Å². The van der Waals surface area contributed by atoms with Gasteiger partial charge in [0.2, 0.25) is 30.2 Å². The number of hydrogen-bond donors (Lipinski definition) is 1. The first-order valence-corrected chi connectivity index (χ1v) is 15.4. The Balaban J connectivity index is 1.64. The van der Waals surface area contributed by atoms with E-state index >= 15 is 0 Å². The SMILES string of the molecule is CC(C)S(=O)(=O)N1CC=C(c2cc(S(=O)(=O)NC3(C#N)CC3)cc3c2nnn3-c2nnc(C(F)(F)F)s2)CC1. The van der Waals surface area contributed by atoms with E-state index < -0.39 is 42.0 Å². The lowest BCUT2D eigenvalue weighted by Gasteiger charge is -2.27. The third-order valence-electron chi connectivity index (χ3n) is 6.44. The third-order valence-corrected chi connectivity index (χ3v) is 11.1. The predicted molar refractivity (Wildman–Crippen MR) is 133 cm³/mol. The van der Waals surface area contributed by atoms with Gasteiger partial charge in [-0.05, 0) is 50.8 Å². The van der Waals surface area contributed by atoms with Crippen LogP contribution < -0.4 is 4.72 Å². The number of rotatable bonds is 7. The van der Waals surface area contributed by atoms with Crippen LogP contribution >= 0.6 is 11.3 Å². The Kier molecular flexibility index (Phi) is 6.58. The van der Waals surface area contributed by atoms with Crippen molar-refractivity contribution >= 4 is 48.0 Å². The minimum absolute atomic E-state index is 0.0452. The summed E-state index contributed by atoms with van der Waals surface area (Å²) in [4.78, 5) is -0.256. The molecule has 1 aliphatic carbocycles. The van der Waals surface area contributed by atoms with E-state index in [9.17, 15) is 35.3 Å². The van der Waals surface area contributed by atoms with E-state index in [0.29, 0.717) is 24.0 Å². The van der Waals surface area contributed by atoms with Crippen LogP contribution in [0.5, 0.6) is 0 Å². The average Bonchev–Trinajstić information content (AvgIpc) is 3.26. The van der Waals surface area contributed by atoms with Crippen molar-refractivity contribution < 1.29 is 30.0 Å². The van der Waals surface area contributed by atoms with Gasteiger partial charge in [-0.15, -0.1) is 15.3 Å². The van der Waals surface area contributed by atoms with Crippen LogP contribution in [-0.2, 0) is 26.2 Å². The van der Waals surface area contributed by atoms with Gasteiger partial charge in [0, 0.05) is 18.7 Å². The molecular weight excluding hydrogens is 581 g/mol.